The van der Waals surface area contributed by atoms with Gasteiger partial charge in [-0.05, 0) is 37.8 Å². The summed E-state index contributed by atoms with van der Waals surface area (Å²) in [5.74, 6) is -0.629. The maximum Gasteiger partial charge on any atom is 0.310 e. The Kier molecular flexibility index (Phi) is 5.96. The Hall–Kier alpha value is -2.30. The van der Waals surface area contributed by atoms with Gasteiger partial charge in [0.15, 0.2) is 6.61 Å². The zero-order valence-corrected chi connectivity index (χ0v) is 15.6. The largest absolute Gasteiger partial charge is 0.464 e. The van der Waals surface area contributed by atoms with Crippen LogP contribution in [0.3, 0.4) is 0 Å². The summed E-state index contributed by atoms with van der Waals surface area (Å²) >= 11 is 0. The number of hydrogen-bond donors (Lipinski definition) is 1. The van der Waals surface area contributed by atoms with E-state index in [1.165, 1.54) is 12.8 Å². The monoisotopic (exact) mass is 357 g/mol. The molecule has 0 radical (unpaired) electrons. The molecule has 1 aromatic heterocycles. The average molecular weight is 357 g/mol. The molecule has 2 aromatic rings. The first-order valence-electron chi connectivity index (χ1n) is 9.46. The quantitative estimate of drug-likeness (QED) is 0.649. The smallest absolute Gasteiger partial charge is 0.310 e. The molecule has 1 heterocycles. The average Bonchev–Trinajstić information content (AvgIpc) is 2.84. The first kappa shape index (κ1) is 18.5. The molecule has 0 bridgehead atoms. The summed E-state index contributed by atoms with van der Waals surface area (Å²) < 4.78 is 10.8. The van der Waals surface area contributed by atoms with Crippen molar-refractivity contribution in [3.63, 3.8) is 0 Å². The highest BCUT2D eigenvalue weighted by atomic mass is 16.5. The lowest BCUT2D eigenvalue weighted by atomic mass is 10.0. The molecule has 1 N–H and O–H groups in total. The number of rotatable bonds is 5. The van der Waals surface area contributed by atoms with Crippen molar-refractivity contribution in [3.8, 4) is 0 Å². The van der Waals surface area contributed by atoms with Gasteiger partial charge in [0, 0.05) is 17.0 Å². The van der Waals surface area contributed by atoms with Crippen LogP contribution in [-0.4, -0.2) is 24.5 Å². The van der Waals surface area contributed by atoms with E-state index in [1.807, 2.05) is 26.0 Å². The van der Waals surface area contributed by atoms with Crippen LogP contribution in [0.4, 0.5) is 0 Å². The number of aryl methyl sites for hydroxylation is 2. The maximum atomic E-state index is 12.1. The normalized spacial score (nSPS) is 15.6. The summed E-state index contributed by atoms with van der Waals surface area (Å²) in [7, 11) is 0. The Bertz CT molecular complexity index is 785. The zero-order chi connectivity index (χ0) is 18.5. The Balaban J connectivity index is 1.51. The van der Waals surface area contributed by atoms with Crippen molar-refractivity contribution in [1.29, 1.82) is 0 Å². The first-order chi connectivity index (χ1) is 12.5. The fraction of sp³-hybridized carbons (Fsp3) is 0.524. The van der Waals surface area contributed by atoms with Crippen molar-refractivity contribution < 1.29 is 18.7 Å². The number of amides is 1. The zero-order valence-electron chi connectivity index (χ0n) is 15.6. The van der Waals surface area contributed by atoms with Crippen molar-refractivity contribution in [2.45, 2.75) is 64.8 Å². The number of fused-ring (bicyclic) bond motifs is 1. The van der Waals surface area contributed by atoms with Gasteiger partial charge < -0.3 is 14.5 Å². The molecule has 0 spiro atoms. The maximum absolute atomic E-state index is 12.1. The van der Waals surface area contributed by atoms with E-state index in [0.29, 0.717) is 0 Å². The summed E-state index contributed by atoms with van der Waals surface area (Å²) in [6.07, 6.45) is 8.50. The van der Waals surface area contributed by atoms with Crippen molar-refractivity contribution in [1.82, 2.24) is 5.32 Å². The van der Waals surface area contributed by atoms with Gasteiger partial charge in [-0.3, -0.25) is 9.59 Å². The minimum absolute atomic E-state index is 0.103. The topological polar surface area (TPSA) is 68.5 Å². The Morgan fingerprint density at radius 1 is 1.15 bits per heavy atom. The van der Waals surface area contributed by atoms with Crippen LogP contribution in [0.5, 0.6) is 0 Å². The van der Waals surface area contributed by atoms with Gasteiger partial charge in [0.2, 0.25) is 0 Å². The minimum atomic E-state index is -0.415. The molecule has 1 saturated carbocycles. The second-order valence-corrected chi connectivity index (χ2v) is 7.24. The molecular weight excluding hydrogens is 330 g/mol. The van der Waals surface area contributed by atoms with Crippen molar-refractivity contribution >= 4 is 22.8 Å². The van der Waals surface area contributed by atoms with Crippen LogP contribution in [0.1, 0.15) is 55.2 Å². The molecule has 1 fully saturated rings. The van der Waals surface area contributed by atoms with Crippen LogP contribution in [0.15, 0.2) is 22.8 Å². The molecule has 0 aliphatic heterocycles. The van der Waals surface area contributed by atoms with Crippen LogP contribution in [0, 0.1) is 13.8 Å². The van der Waals surface area contributed by atoms with Gasteiger partial charge >= 0.3 is 5.97 Å². The number of benzene rings is 1. The molecule has 0 saturated heterocycles. The van der Waals surface area contributed by atoms with Crippen LogP contribution < -0.4 is 5.32 Å². The highest BCUT2D eigenvalue weighted by Gasteiger charge is 2.17. The predicted octanol–water partition coefficient (Wildman–Crippen LogP) is 3.97. The lowest BCUT2D eigenvalue weighted by molar-refractivity contribution is -0.148. The molecule has 1 amide bonds. The molecule has 3 rings (SSSR count). The lowest BCUT2D eigenvalue weighted by Gasteiger charge is -2.16. The third-order valence-corrected chi connectivity index (χ3v) is 5.26. The summed E-state index contributed by atoms with van der Waals surface area (Å²) in [5.41, 5.74) is 3.82. The van der Waals surface area contributed by atoms with Crippen molar-refractivity contribution in [2.75, 3.05) is 6.61 Å². The highest BCUT2D eigenvalue weighted by Crippen LogP contribution is 2.26. The van der Waals surface area contributed by atoms with E-state index >= 15 is 0 Å². The molecule has 1 aromatic carbocycles. The van der Waals surface area contributed by atoms with E-state index < -0.39 is 5.97 Å². The molecule has 0 atom stereocenters. The van der Waals surface area contributed by atoms with Gasteiger partial charge in [-0.1, -0.05) is 37.8 Å². The minimum Gasteiger partial charge on any atom is -0.464 e. The van der Waals surface area contributed by atoms with Crippen LogP contribution in [-0.2, 0) is 20.7 Å². The molecule has 1 aliphatic rings. The van der Waals surface area contributed by atoms with E-state index in [-0.39, 0.29) is 25.0 Å². The first-order valence-corrected chi connectivity index (χ1v) is 9.46. The van der Waals surface area contributed by atoms with Gasteiger partial charge in [0.1, 0.15) is 5.58 Å². The molecular formula is C21H27NO4. The van der Waals surface area contributed by atoms with Gasteiger partial charge in [0.25, 0.3) is 5.91 Å². The standard InChI is InChI=1S/C21H27NO4/c1-14-9-10-18-16(12-26-21(18)15(14)2)11-20(24)25-13-19(23)22-17-7-5-3-4-6-8-17/h9-10,12,17H,3-8,11,13H2,1-2H3,(H,22,23). The molecule has 0 unspecified atom stereocenters. The van der Waals surface area contributed by atoms with E-state index in [1.54, 1.807) is 6.26 Å². The second-order valence-electron chi connectivity index (χ2n) is 7.24. The van der Waals surface area contributed by atoms with Crippen molar-refractivity contribution in [3.05, 3.63) is 35.1 Å². The molecule has 26 heavy (non-hydrogen) atoms. The van der Waals surface area contributed by atoms with E-state index in [0.717, 1.165) is 53.3 Å². The summed E-state index contributed by atoms with van der Waals surface area (Å²) in [4.78, 5) is 24.1. The van der Waals surface area contributed by atoms with Crippen LogP contribution >= 0.6 is 0 Å². The van der Waals surface area contributed by atoms with Crippen LogP contribution in [0.2, 0.25) is 0 Å². The Morgan fingerprint density at radius 2 is 1.88 bits per heavy atom. The predicted molar refractivity (Wildman–Crippen MR) is 100.0 cm³/mol. The fourth-order valence-corrected chi connectivity index (χ4v) is 3.57. The molecule has 5 nitrogen and oxygen atoms in total. The third kappa shape index (κ3) is 4.45. The molecule has 1 aliphatic carbocycles. The van der Waals surface area contributed by atoms with Gasteiger partial charge in [-0.25, -0.2) is 0 Å². The van der Waals surface area contributed by atoms with Crippen molar-refractivity contribution in [2.24, 2.45) is 0 Å². The number of carbonyl (C=O) groups is 2. The number of carbonyl (C=O) groups excluding carboxylic acids is 2. The fourth-order valence-electron chi connectivity index (χ4n) is 3.57. The van der Waals surface area contributed by atoms with Crippen LogP contribution in [0.25, 0.3) is 11.0 Å². The van der Waals surface area contributed by atoms with E-state index in [2.05, 4.69) is 5.32 Å². The number of hydrogen-bond acceptors (Lipinski definition) is 4. The van der Waals surface area contributed by atoms with E-state index in [9.17, 15) is 9.59 Å². The Labute approximate surface area is 154 Å². The number of esters is 1. The number of furan rings is 1. The van der Waals surface area contributed by atoms with Gasteiger partial charge in [-0.2, -0.15) is 0 Å². The number of ether oxygens (including phenoxy) is 1. The SMILES string of the molecule is Cc1ccc2c(CC(=O)OCC(=O)NC3CCCCCC3)coc2c1C. The highest BCUT2D eigenvalue weighted by molar-refractivity contribution is 5.89. The number of nitrogens with one attached hydrogen (secondary N) is 1. The third-order valence-electron chi connectivity index (χ3n) is 5.26. The molecule has 5 heteroatoms. The summed E-state index contributed by atoms with van der Waals surface area (Å²) in [6, 6.07) is 4.19. The summed E-state index contributed by atoms with van der Waals surface area (Å²) in [6.45, 7) is 3.81. The summed E-state index contributed by atoms with van der Waals surface area (Å²) in [5, 5.41) is 3.91. The Morgan fingerprint density at radius 3 is 2.62 bits per heavy atom. The lowest BCUT2D eigenvalue weighted by Crippen LogP contribution is -2.37. The van der Waals surface area contributed by atoms with Gasteiger partial charge in [-0.15, -0.1) is 0 Å². The van der Waals surface area contributed by atoms with E-state index in [4.69, 9.17) is 9.15 Å². The molecule has 140 valence electrons. The second kappa shape index (κ2) is 8.39. The van der Waals surface area contributed by atoms with Gasteiger partial charge in [0.05, 0.1) is 12.7 Å².